The number of benzene rings is 2. The van der Waals surface area contributed by atoms with E-state index in [1.54, 1.807) is 6.34 Å². The van der Waals surface area contributed by atoms with Gasteiger partial charge in [0, 0.05) is 23.4 Å². The summed E-state index contributed by atoms with van der Waals surface area (Å²) in [6.45, 7) is 0. The Kier molecular flexibility index (Phi) is 2.40. The van der Waals surface area contributed by atoms with Gasteiger partial charge in [-0.1, -0.05) is 12.1 Å². The number of hydrogen-bond donors (Lipinski definition) is 3. The van der Waals surface area contributed by atoms with E-state index in [0.717, 1.165) is 22.4 Å². The lowest BCUT2D eigenvalue weighted by atomic mass is 10.2. The van der Waals surface area contributed by atoms with E-state index in [1.165, 1.54) is 10.8 Å². The fraction of sp³-hybridized carbons (Fsp3) is 0. The summed E-state index contributed by atoms with van der Waals surface area (Å²) in [6, 6.07) is 16.7. The summed E-state index contributed by atoms with van der Waals surface area (Å²) in [4.78, 5) is 6.48. The third kappa shape index (κ3) is 1.85. The summed E-state index contributed by atoms with van der Waals surface area (Å²) >= 11 is 0. The number of H-pyrrole nitrogens is 2. The third-order valence-corrected chi connectivity index (χ3v) is 4.12. The zero-order valence-electron chi connectivity index (χ0n) is 12.2. The second kappa shape index (κ2) is 4.54. The minimum Gasteiger partial charge on any atom is -0.361 e. The van der Waals surface area contributed by atoms with Crippen molar-refractivity contribution < 1.29 is 0 Å². The molecular formula is C17H14N6. The van der Waals surface area contributed by atoms with Crippen molar-refractivity contribution in [3.05, 3.63) is 60.9 Å². The quantitative estimate of drug-likeness (QED) is 0.532. The molecule has 5 rings (SSSR count). The number of rotatable bonds is 2. The van der Waals surface area contributed by atoms with Gasteiger partial charge >= 0.3 is 0 Å². The van der Waals surface area contributed by atoms with Crippen molar-refractivity contribution in [1.82, 2.24) is 15.5 Å². The van der Waals surface area contributed by atoms with Crippen LogP contribution in [0, 0.1) is 0 Å². The lowest BCUT2D eigenvalue weighted by molar-refractivity contribution is 0.724. The van der Waals surface area contributed by atoms with Gasteiger partial charge in [-0.25, -0.2) is 5.01 Å². The molecule has 3 heterocycles. The number of fused-ring (bicyclic) bond motifs is 2. The van der Waals surface area contributed by atoms with E-state index in [2.05, 4.69) is 69.1 Å². The normalized spacial score (nSPS) is 14.1. The van der Waals surface area contributed by atoms with Crippen LogP contribution in [0.15, 0.2) is 66.0 Å². The van der Waals surface area contributed by atoms with Crippen molar-refractivity contribution in [2.24, 2.45) is 5.10 Å². The van der Waals surface area contributed by atoms with E-state index in [-0.39, 0.29) is 0 Å². The predicted molar refractivity (Wildman–Crippen MR) is 93.2 cm³/mol. The average Bonchev–Trinajstić information content (AvgIpc) is 3.32. The summed E-state index contributed by atoms with van der Waals surface area (Å²) in [5.74, 6) is 0. The van der Waals surface area contributed by atoms with Crippen LogP contribution in [0.4, 0.5) is 11.4 Å². The first kappa shape index (κ1) is 12.2. The van der Waals surface area contributed by atoms with E-state index in [1.807, 2.05) is 22.5 Å². The largest absolute Gasteiger partial charge is 0.361 e. The average molecular weight is 302 g/mol. The van der Waals surface area contributed by atoms with E-state index in [0.29, 0.717) is 0 Å². The first-order chi connectivity index (χ1) is 11.4. The zero-order valence-corrected chi connectivity index (χ0v) is 12.2. The highest BCUT2D eigenvalue weighted by Gasteiger charge is 2.20. The van der Waals surface area contributed by atoms with Crippen LogP contribution < -0.4 is 15.7 Å². The Hall–Kier alpha value is -3.41. The zero-order chi connectivity index (χ0) is 15.2. The number of aromatic amines is 2. The van der Waals surface area contributed by atoms with Crippen LogP contribution in [0.2, 0.25) is 0 Å². The van der Waals surface area contributed by atoms with Gasteiger partial charge in [0.15, 0.2) is 0 Å². The van der Waals surface area contributed by atoms with Gasteiger partial charge in [0.25, 0.3) is 0 Å². The van der Waals surface area contributed by atoms with Gasteiger partial charge in [-0.3, -0.25) is 0 Å². The van der Waals surface area contributed by atoms with Gasteiger partial charge in [0.2, 0.25) is 0 Å². The number of hydrazine groups is 2. The van der Waals surface area contributed by atoms with E-state index >= 15 is 0 Å². The summed E-state index contributed by atoms with van der Waals surface area (Å²) in [5, 5.41) is 10.5. The summed E-state index contributed by atoms with van der Waals surface area (Å²) in [7, 11) is 0. The molecule has 2 aromatic carbocycles. The number of aromatic nitrogens is 2. The molecule has 112 valence electrons. The Bertz CT molecular complexity index is 1030. The molecule has 0 atom stereocenters. The molecule has 0 spiro atoms. The number of hydrazone groups is 1. The molecular weight excluding hydrogens is 288 g/mol. The van der Waals surface area contributed by atoms with Crippen LogP contribution in [-0.2, 0) is 0 Å². The Morgan fingerprint density at radius 3 is 2.13 bits per heavy atom. The minimum absolute atomic E-state index is 1.00. The highest BCUT2D eigenvalue weighted by molar-refractivity contribution is 5.91. The molecule has 1 aliphatic heterocycles. The Morgan fingerprint density at radius 2 is 1.39 bits per heavy atom. The fourth-order valence-corrected chi connectivity index (χ4v) is 2.95. The maximum atomic E-state index is 4.19. The molecule has 2 aromatic heterocycles. The van der Waals surface area contributed by atoms with Gasteiger partial charge in [-0.2, -0.15) is 10.7 Å². The standard InChI is InChI=1S/C17H14N6/c1-3-14(9-16-12(1)5-7-18-16)22-11-20-21-23(22)15-4-2-13-6-8-19-17(13)10-15/h1-11,18-19,21H. The Morgan fingerprint density at radius 1 is 0.739 bits per heavy atom. The Labute approximate surface area is 132 Å². The van der Waals surface area contributed by atoms with Crippen LogP contribution in [0.1, 0.15) is 0 Å². The molecule has 1 aliphatic rings. The molecule has 0 bridgehead atoms. The molecule has 0 aliphatic carbocycles. The van der Waals surface area contributed by atoms with Gasteiger partial charge in [-0.15, -0.1) is 5.10 Å². The fourth-order valence-electron chi connectivity index (χ4n) is 2.95. The number of hydrogen-bond acceptors (Lipinski definition) is 4. The van der Waals surface area contributed by atoms with Crippen LogP contribution in [0.3, 0.4) is 0 Å². The third-order valence-electron chi connectivity index (χ3n) is 4.12. The molecule has 6 heteroatoms. The van der Waals surface area contributed by atoms with E-state index in [4.69, 9.17) is 0 Å². The lowest BCUT2D eigenvalue weighted by Gasteiger charge is -2.28. The lowest BCUT2D eigenvalue weighted by Crippen LogP contribution is -2.43. The van der Waals surface area contributed by atoms with Crippen molar-refractivity contribution >= 4 is 39.5 Å². The Balaban J connectivity index is 1.57. The SMILES string of the molecule is C1=NNN(c2ccc3cc[nH]c3c2)N1c1ccc2cc[nH]c2c1. The van der Waals surface area contributed by atoms with Crippen LogP contribution in [-0.4, -0.2) is 16.3 Å². The number of nitrogens with one attached hydrogen (secondary N) is 3. The molecule has 3 N–H and O–H groups in total. The van der Waals surface area contributed by atoms with Crippen molar-refractivity contribution in [3.63, 3.8) is 0 Å². The second-order valence-corrected chi connectivity index (χ2v) is 5.50. The van der Waals surface area contributed by atoms with Crippen molar-refractivity contribution in [2.45, 2.75) is 0 Å². The minimum atomic E-state index is 1.00. The van der Waals surface area contributed by atoms with E-state index < -0.39 is 0 Å². The van der Waals surface area contributed by atoms with E-state index in [9.17, 15) is 0 Å². The second-order valence-electron chi connectivity index (χ2n) is 5.50. The number of anilines is 2. The molecule has 0 amide bonds. The van der Waals surface area contributed by atoms with Crippen LogP contribution in [0.25, 0.3) is 21.8 Å². The molecule has 0 saturated heterocycles. The van der Waals surface area contributed by atoms with Gasteiger partial charge < -0.3 is 9.97 Å². The molecule has 23 heavy (non-hydrogen) atoms. The van der Waals surface area contributed by atoms with Gasteiger partial charge in [-0.05, 0) is 47.2 Å². The summed E-state index contributed by atoms with van der Waals surface area (Å²) in [5.41, 5.74) is 7.25. The maximum absolute atomic E-state index is 4.19. The predicted octanol–water partition coefficient (Wildman–Crippen LogP) is 3.34. The summed E-state index contributed by atoms with van der Waals surface area (Å²) in [6.07, 6.45) is 5.66. The van der Waals surface area contributed by atoms with Gasteiger partial charge in [0.1, 0.15) is 6.34 Å². The molecule has 0 radical (unpaired) electrons. The van der Waals surface area contributed by atoms with Crippen LogP contribution >= 0.6 is 0 Å². The smallest absolute Gasteiger partial charge is 0.139 e. The number of nitrogens with zero attached hydrogens (tertiary/aromatic N) is 3. The first-order valence-electron chi connectivity index (χ1n) is 7.41. The van der Waals surface area contributed by atoms with Crippen molar-refractivity contribution in [1.29, 1.82) is 0 Å². The first-order valence-corrected chi connectivity index (χ1v) is 7.41. The molecule has 0 fully saturated rings. The molecule has 4 aromatic rings. The summed E-state index contributed by atoms with van der Waals surface area (Å²) < 4.78 is 0. The maximum Gasteiger partial charge on any atom is 0.139 e. The van der Waals surface area contributed by atoms with Crippen LogP contribution in [0.5, 0.6) is 0 Å². The molecule has 6 nitrogen and oxygen atoms in total. The molecule has 0 saturated carbocycles. The highest BCUT2D eigenvalue weighted by Crippen LogP contribution is 2.27. The van der Waals surface area contributed by atoms with Crippen molar-refractivity contribution in [3.8, 4) is 0 Å². The highest BCUT2D eigenvalue weighted by atomic mass is 15.9. The monoisotopic (exact) mass is 302 g/mol. The van der Waals surface area contributed by atoms with Crippen molar-refractivity contribution in [2.75, 3.05) is 10.1 Å². The van der Waals surface area contributed by atoms with Gasteiger partial charge in [0.05, 0.1) is 11.4 Å². The topological polar surface area (TPSA) is 62.5 Å². The molecule has 0 unspecified atom stereocenters.